The Morgan fingerprint density at radius 1 is 1.17 bits per heavy atom. The standard InChI is InChI=1S/C18H22N2O2S.ClH/c1-22-18-5-3-2-4-16(18)20-11-9-19(10-12-20)8-6-17(21)15-7-13-23-14-15;/h2-5,7,13-14H,6,8-12H2,1H3;1H. The molecular weight excluding hydrogens is 344 g/mol. The summed E-state index contributed by atoms with van der Waals surface area (Å²) < 4.78 is 5.45. The normalized spacial score (nSPS) is 15.0. The van der Waals surface area contributed by atoms with Crippen molar-refractivity contribution in [3.05, 3.63) is 46.7 Å². The van der Waals surface area contributed by atoms with Crippen molar-refractivity contribution in [2.45, 2.75) is 6.42 Å². The highest BCUT2D eigenvalue weighted by atomic mass is 35.5. The summed E-state index contributed by atoms with van der Waals surface area (Å²) in [6, 6.07) is 10.1. The third-order valence-electron chi connectivity index (χ3n) is 4.30. The molecule has 0 radical (unpaired) electrons. The van der Waals surface area contributed by atoms with Gasteiger partial charge in [-0.25, -0.2) is 0 Å². The number of Topliss-reactive ketones (excluding diaryl/α,β-unsaturated/α-hetero) is 1. The molecular formula is C18H23ClN2O2S. The summed E-state index contributed by atoms with van der Waals surface area (Å²) in [6.45, 7) is 4.73. The van der Waals surface area contributed by atoms with Crippen LogP contribution >= 0.6 is 23.7 Å². The van der Waals surface area contributed by atoms with Gasteiger partial charge in [-0.05, 0) is 23.6 Å². The van der Waals surface area contributed by atoms with Crippen LogP contribution in [0.3, 0.4) is 0 Å². The fourth-order valence-corrected chi connectivity index (χ4v) is 3.59. The van der Waals surface area contributed by atoms with Crippen molar-refractivity contribution in [3.63, 3.8) is 0 Å². The second kappa shape index (κ2) is 9.06. The van der Waals surface area contributed by atoms with Gasteiger partial charge >= 0.3 is 0 Å². The maximum atomic E-state index is 12.1. The minimum absolute atomic E-state index is 0. The van der Waals surface area contributed by atoms with Crippen molar-refractivity contribution in [1.82, 2.24) is 4.90 Å². The number of piperazine rings is 1. The number of para-hydroxylation sites is 2. The lowest BCUT2D eigenvalue weighted by Crippen LogP contribution is -2.47. The largest absolute Gasteiger partial charge is 0.495 e. The number of thiophene rings is 1. The lowest BCUT2D eigenvalue weighted by atomic mass is 10.1. The number of anilines is 1. The SMILES string of the molecule is COc1ccccc1N1CCN(CCC(=O)c2ccsc2)CC1.Cl. The van der Waals surface area contributed by atoms with Crippen molar-refractivity contribution in [1.29, 1.82) is 0 Å². The average Bonchev–Trinajstić information content (AvgIpc) is 3.15. The number of benzene rings is 1. The number of nitrogens with zero attached hydrogens (tertiary/aromatic N) is 2. The molecule has 2 aromatic rings. The van der Waals surface area contributed by atoms with Crippen molar-refractivity contribution in [3.8, 4) is 5.75 Å². The van der Waals surface area contributed by atoms with Gasteiger partial charge in [-0.3, -0.25) is 9.69 Å². The van der Waals surface area contributed by atoms with Gasteiger partial charge in [0.25, 0.3) is 0 Å². The van der Waals surface area contributed by atoms with Gasteiger partial charge < -0.3 is 9.64 Å². The second-order valence-corrected chi connectivity index (χ2v) is 6.47. The summed E-state index contributed by atoms with van der Waals surface area (Å²) in [5, 5.41) is 3.89. The number of hydrogen-bond donors (Lipinski definition) is 0. The molecule has 1 aliphatic heterocycles. The first-order chi connectivity index (χ1) is 11.3. The topological polar surface area (TPSA) is 32.8 Å². The van der Waals surface area contributed by atoms with E-state index in [1.165, 1.54) is 0 Å². The predicted molar refractivity (Wildman–Crippen MR) is 102 cm³/mol. The molecule has 0 spiro atoms. The quantitative estimate of drug-likeness (QED) is 0.732. The Labute approximate surface area is 153 Å². The second-order valence-electron chi connectivity index (χ2n) is 5.69. The van der Waals surface area contributed by atoms with E-state index in [4.69, 9.17) is 4.74 Å². The number of ketones is 1. The van der Waals surface area contributed by atoms with E-state index in [1.54, 1.807) is 18.4 Å². The predicted octanol–water partition coefficient (Wildman–Crippen LogP) is 3.57. The van der Waals surface area contributed by atoms with E-state index >= 15 is 0 Å². The Balaban J connectivity index is 0.00000208. The molecule has 1 saturated heterocycles. The molecule has 2 heterocycles. The van der Waals surface area contributed by atoms with E-state index in [1.807, 2.05) is 35.0 Å². The summed E-state index contributed by atoms with van der Waals surface area (Å²) in [6.07, 6.45) is 0.603. The lowest BCUT2D eigenvalue weighted by Gasteiger charge is -2.36. The van der Waals surface area contributed by atoms with Crippen LogP contribution in [0.25, 0.3) is 0 Å². The molecule has 6 heteroatoms. The zero-order chi connectivity index (χ0) is 16.1. The fraction of sp³-hybridized carbons (Fsp3) is 0.389. The molecule has 4 nitrogen and oxygen atoms in total. The number of methoxy groups -OCH3 is 1. The minimum Gasteiger partial charge on any atom is -0.495 e. The van der Waals surface area contributed by atoms with Gasteiger partial charge in [0, 0.05) is 50.1 Å². The van der Waals surface area contributed by atoms with Gasteiger partial charge in [0.15, 0.2) is 5.78 Å². The Morgan fingerprint density at radius 3 is 2.58 bits per heavy atom. The molecule has 130 valence electrons. The number of ether oxygens (including phenoxy) is 1. The van der Waals surface area contributed by atoms with Crippen LogP contribution in [0.4, 0.5) is 5.69 Å². The third-order valence-corrected chi connectivity index (χ3v) is 4.98. The van der Waals surface area contributed by atoms with Gasteiger partial charge in [-0.15, -0.1) is 12.4 Å². The fourth-order valence-electron chi connectivity index (χ4n) is 2.93. The van der Waals surface area contributed by atoms with Crippen LogP contribution in [-0.2, 0) is 0 Å². The summed E-state index contributed by atoms with van der Waals surface area (Å²) in [5.74, 6) is 1.17. The number of halogens is 1. The molecule has 0 unspecified atom stereocenters. The molecule has 24 heavy (non-hydrogen) atoms. The zero-order valence-electron chi connectivity index (χ0n) is 13.8. The van der Waals surface area contributed by atoms with Crippen LogP contribution in [0.2, 0.25) is 0 Å². The Morgan fingerprint density at radius 2 is 1.92 bits per heavy atom. The molecule has 0 atom stereocenters. The third kappa shape index (κ3) is 4.50. The molecule has 3 rings (SSSR count). The van der Waals surface area contributed by atoms with Crippen LogP contribution < -0.4 is 9.64 Å². The molecule has 0 saturated carbocycles. The van der Waals surface area contributed by atoms with E-state index in [2.05, 4.69) is 15.9 Å². The van der Waals surface area contributed by atoms with Gasteiger partial charge in [-0.2, -0.15) is 11.3 Å². The van der Waals surface area contributed by atoms with Crippen molar-refractivity contribution in [2.75, 3.05) is 44.7 Å². The van der Waals surface area contributed by atoms with E-state index in [0.717, 1.165) is 49.7 Å². The van der Waals surface area contributed by atoms with Gasteiger partial charge in [0.2, 0.25) is 0 Å². The van der Waals surface area contributed by atoms with E-state index in [9.17, 15) is 4.79 Å². The maximum absolute atomic E-state index is 12.1. The van der Waals surface area contributed by atoms with Crippen LogP contribution in [0.1, 0.15) is 16.8 Å². The first kappa shape index (κ1) is 18.8. The summed E-state index contributed by atoms with van der Waals surface area (Å²) in [5.41, 5.74) is 2.01. The highest BCUT2D eigenvalue weighted by molar-refractivity contribution is 7.08. The summed E-state index contributed by atoms with van der Waals surface area (Å²) >= 11 is 1.58. The smallest absolute Gasteiger partial charge is 0.164 e. The minimum atomic E-state index is 0. The molecule has 1 aliphatic rings. The van der Waals surface area contributed by atoms with Crippen molar-refractivity contribution < 1.29 is 9.53 Å². The Bertz CT molecular complexity index is 640. The highest BCUT2D eigenvalue weighted by Crippen LogP contribution is 2.28. The van der Waals surface area contributed by atoms with Gasteiger partial charge in [-0.1, -0.05) is 12.1 Å². The van der Waals surface area contributed by atoms with Crippen molar-refractivity contribution >= 4 is 35.2 Å². The number of rotatable bonds is 6. The van der Waals surface area contributed by atoms with Crippen LogP contribution in [0.15, 0.2) is 41.1 Å². The van der Waals surface area contributed by atoms with Crippen LogP contribution in [0, 0.1) is 0 Å². The first-order valence-electron chi connectivity index (χ1n) is 7.93. The molecule has 0 N–H and O–H groups in total. The summed E-state index contributed by atoms with van der Waals surface area (Å²) in [4.78, 5) is 16.8. The first-order valence-corrected chi connectivity index (χ1v) is 8.88. The molecule has 1 fully saturated rings. The van der Waals surface area contributed by atoms with Gasteiger partial charge in [0.05, 0.1) is 12.8 Å². The number of carbonyl (C=O) groups is 1. The molecule has 0 bridgehead atoms. The molecule has 0 amide bonds. The maximum Gasteiger partial charge on any atom is 0.164 e. The van der Waals surface area contributed by atoms with E-state index < -0.39 is 0 Å². The number of carbonyl (C=O) groups excluding carboxylic acids is 1. The average molecular weight is 367 g/mol. The molecule has 1 aromatic carbocycles. The van der Waals surface area contributed by atoms with Crippen molar-refractivity contribution in [2.24, 2.45) is 0 Å². The molecule has 0 aliphatic carbocycles. The number of hydrogen-bond acceptors (Lipinski definition) is 5. The Hall–Kier alpha value is -1.56. The monoisotopic (exact) mass is 366 g/mol. The zero-order valence-corrected chi connectivity index (χ0v) is 15.4. The molecule has 1 aromatic heterocycles. The Kier molecular flexibility index (Phi) is 7.09. The van der Waals surface area contributed by atoms with Crippen LogP contribution in [0.5, 0.6) is 5.75 Å². The van der Waals surface area contributed by atoms with Crippen LogP contribution in [-0.4, -0.2) is 50.5 Å². The van der Waals surface area contributed by atoms with Gasteiger partial charge in [0.1, 0.15) is 5.75 Å². The van der Waals surface area contributed by atoms with E-state index in [0.29, 0.717) is 6.42 Å². The summed E-state index contributed by atoms with van der Waals surface area (Å²) in [7, 11) is 1.71. The highest BCUT2D eigenvalue weighted by Gasteiger charge is 2.20. The lowest BCUT2D eigenvalue weighted by molar-refractivity contribution is 0.0963. The van der Waals surface area contributed by atoms with E-state index in [-0.39, 0.29) is 18.2 Å².